The Bertz CT molecular complexity index is 1100. The van der Waals surface area contributed by atoms with E-state index in [1.54, 1.807) is 18.2 Å². The second-order valence-electron chi connectivity index (χ2n) is 6.91. The van der Waals surface area contributed by atoms with Crippen molar-refractivity contribution in [3.8, 4) is 0 Å². The third-order valence-corrected chi connectivity index (χ3v) is 5.75. The van der Waals surface area contributed by atoms with Crippen molar-refractivity contribution in [2.75, 3.05) is 18.0 Å². The number of piperidine rings is 1. The van der Waals surface area contributed by atoms with E-state index in [0.717, 1.165) is 49.8 Å². The maximum Gasteiger partial charge on any atom is 0.342 e. The predicted octanol–water partition coefficient (Wildman–Crippen LogP) is 4.94. The minimum Gasteiger partial charge on any atom is -0.477 e. The van der Waals surface area contributed by atoms with Gasteiger partial charge in [-0.1, -0.05) is 12.1 Å². The lowest BCUT2D eigenvalue weighted by atomic mass is 10.1. The molecule has 2 heterocycles. The van der Waals surface area contributed by atoms with Gasteiger partial charge in [-0.15, -0.1) is 0 Å². The Morgan fingerprint density at radius 1 is 1.20 bits per heavy atom. The molecule has 1 N–H and O–H groups in total. The SMILES string of the molecule is O=C(O)/C(=C\c1cc([N+](=O)[O-])ccc1N1CCCCC1)Sc1nc2ccccc2o1. The standard InChI is InChI=1S/C21H19N3O5S/c25-20(26)19(30-21-22-16-6-2-3-7-18(16)29-21)13-14-12-15(24(27)28)8-9-17(14)23-10-4-1-5-11-23/h2-3,6-9,12-13H,1,4-5,10-11H2,(H,25,26)/b19-13+. The normalized spacial score (nSPS) is 14.8. The summed E-state index contributed by atoms with van der Waals surface area (Å²) < 4.78 is 5.62. The Kier molecular flexibility index (Phi) is 5.71. The van der Waals surface area contributed by atoms with Crippen molar-refractivity contribution in [3.05, 3.63) is 63.0 Å². The first-order chi connectivity index (χ1) is 14.5. The van der Waals surface area contributed by atoms with Gasteiger partial charge in [-0.3, -0.25) is 10.1 Å². The van der Waals surface area contributed by atoms with Crippen molar-refractivity contribution < 1.29 is 19.2 Å². The monoisotopic (exact) mass is 425 g/mol. The van der Waals surface area contributed by atoms with E-state index in [-0.39, 0.29) is 15.8 Å². The van der Waals surface area contributed by atoms with Crippen LogP contribution in [0, 0.1) is 10.1 Å². The highest BCUT2D eigenvalue weighted by Crippen LogP contribution is 2.34. The van der Waals surface area contributed by atoms with Crippen LogP contribution in [0.1, 0.15) is 24.8 Å². The molecule has 0 atom stereocenters. The summed E-state index contributed by atoms with van der Waals surface area (Å²) >= 11 is 0.882. The van der Waals surface area contributed by atoms with Gasteiger partial charge in [0.25, 0.3) is 10.9 Å². The largest absolute Gasteiger partial charge is 0.477 e. The van der Waals surface area contributed by atoms with Crippen molar-refractivity contribution in [2.45, 2.75) is 24.5 Å². The molecule has 1 aromatic heterocycles. The van der Waals surface area contributed by atoms with Gasteiger partial charge < -0.3 is 14.4 Å². The van der Waals surface area contributed by atoms with Crippen molar-refractivity contribution in [2.24, 2.45) is 0 Å². The lowest BCUT2D eigenvalue weighted by molar-refractivity contribution is -0.384. The van der Waals surface area contributed by atoms with Gasteiger partial charge in [-0.25, -0.2) is 9.78 Å². The number of oxazole rings is 1. The zero-order valence-corrected chi connectivity index (χ0v) is 16.8. The van der Waals surface area contributed by atoms with E-state index >= 15 is 0 Å². The number of nitrogens with zero attached hydrogens (tertiary/aromatic N) is 3. The van der Waals surface area contributed by atoms with E-state index in [9.17, 15) is 20.0 Å². The highest BCUT2D eigenvalue weighted by Gasteiger charge is 2.20. The van der Waals surface area contributed by atoms with Gasteiger partial charge >= 0.3 is 5.97 Å². The molecule has 0 saturated carbocycles. The Morgan fingerprint density at radius 3 is 2.67 bits per heavy atom. The summed E-state index contributed by atoms with van der Waals surface area (Å²) in [6.45, 7) is 1.67. The smallest absolute Gasteiger partial charge is 0.342 e. The minimum absolute atomic E-state index is 0.0275. The molecule has 8 nitrogen and oxygen atoms in total. The average molecular weight is 425 g/mol. The Hall–Kier alpha value is -3.33. The Morgan fingerprint density at radius 2 is 1.97 bits per heavy atom. The van der Waals surface area contributed by atoms with Gasteiger partial charge in [-0.05, 0) is 55.3 Å². The number of thioether (sulfide) groups is 1. The molecule has 1 aliphatic rings. The summed E-state index contributed by atoms with van der Waals surface area (Å²) in [6.07, 6.45) is 4.66. The molecular weight excluding hydrogens is 406 g/mol. The number of carbonyl (C=O) groups is 1. The van der Waals surface area contributed by atoms with Crippen LogP contribution in [-0.2, 0) is 4.79 Å². The maximum atomic E-state index is 11.9. The number of non-ortho nitro benzene ring substituents is 1. The number of aromatic nitrogens is 1. The molecule has 2 aromatic carbocycles. The van der Waals surface area contributed by atoms with Gasteiger partial charge in [0.2, 0.25) is 0 Å². The first-order valence-corrected chi connectivity index (χ1v) is 10.3. The molecule has 1 saturated heterocycles. The fraction of sp³-hybridized carbons (Fsp3) is 0.238. The molecule has 0 unspecified atom stereocenters. The van der Waals surface area contributed by atoms with Crippen molar-refractivity contribution in [3.63, 3.8) is 0 Å². The summed E-state index contributed by atoms with van der Waals surface area (Å²) in [7, 11) is 0. The molecule has 9 heteroatoms. The fourth-order valence-corrected chi connectivity index (χ4v) is 4.20. The number of fused-ring (bicyclic) bond motifs is 1. The molecule has 3 aromatic rings. The van der Waals surface area contributed by atoms with Crippen LogP contribution >= 0.6 is 11.8 Å². The number of nitro benzene ring substituents is 1. The van der Waals surface area contributed by atoms with Gasteiger partial charge in [0.05, 0.1) is 4.92 Å². The Labute approximate surface area is 176 Å². The first-order valence-electron chi connectivity index (χ1n) is 9.53. The molecule has 0 amide bonds. The summed E-state index contributed by atoms with van der Waals surface area (Å²) in [6, 6.07) is 11.7. The van der Waals surface area contributed by atoms with Crippen molar-refractivity contribution in [1.82, 2.24) is 4.98 Å². The number of para-hydroxylation sites is 2. The highest BCUT2D eigenvalue weighted by molar-refractivity contribution is 8.03. The number of hydrogen-bond acceptors (Lipinski definition) is 7. The van der Waals surface area contributed by atoms with Crippen LogP contribution in [0.3, 0.4) is 0 Å². The molecule has 0 radical (unpaired) electrons. The third kappa shape index (κ3) is 4.30. The molecular formula is C21H19N3O5S. The summed E-state index contributed by atoms with van der Waals surface area (Å²) in [4.78, 5) is 29.1. The molecule has 30 heavy (non-hydrogen) atoms. The number of benzene rings is 2. The summed E-state index contributed by atoms with van der Waals surface area (Å²) in [5.41, 5.74) is 2.39. The number of aliphatic carboxylic acids is 1. The van der Waals surface area contributed by atoms with E-state index in [0.29, 0.717) is 16.7 Å². The van der Waals surface area contributed by atoms with Crippen molar-refractivity contribution in [1.29, 1.82) is 0 Å². The molecule has 154 valence electrons. The van der Waals surface area contributed by atoms with E-state index < -0.39 is 10.9 Å². The fourth-order valence-electron chi connectivity index (χ4n) is 3.46. The number of carboxylic acid groups (broad SMARTS) is 1. The predicted molar refractivity (Wildman–Crippen MR) is 115 cm³/mol. The second-order valence-corrected chi connectivity index (χ2v) is 7.90. The van der Waals surface area contributed by atoms with Crippen LogP contribution in [0.15, 0.2) is 57.0 Å². The topological polar surface area (TPSA) is 110 Å². The van der Waals surface area contributed by atoms with Gasteiger partial charge in [0.15, 0.2) is 5.58 Å². The molecule has 1 aliphatic heterocycles. The van der Waals surface area contributed by atoms with E-state index in [1.807, 2.05) is 12.1 Å². The average Bonchev–Trinajstić information content (AvgIpc) is 3.16. The lowest BCUT2D eigenvalue weighted by Gasteiger charge is -2.30. The number of rotatable bonds is 6. The molecule has 4 rings (SSSR count). The van der Waals surface area contributed by atoms with Gasteiger partial charge in [0.1, 0.15) is 10.4 Å². The number of anilines is 1. The van der Waals surface area contributed by atoms with Crippen LogP contribution in [0.2, 0.25) is 0 Å². The quantitative estimate of drug-likeness (QED) is 0.256. The van der Waals surface area contributed by atoms with E-state index in [2.05, 4.69) is 9.88 Å². The molecule has 1 fully saturated rings. The van der Waals surface area contributed by atoms with Crippen LogP contribution in [-0.4, -0.2) is 34.1 Å². The molecule has 0 spiro atoms. The summed E-state index contributed by atoms with van der Waals surface area (Å²) in [5.74, 6) is -1.15. The molecule has 0 aliphatic carbocycles. The van der Waals surface area contributed by atoms with Gasteiger partial charge in [-0.2, -0.15) is 0 Å². The number of nitro groups is 1. The van der Waals surface area contributed by atoms with Crippen molar-refractivity contribution >= 4 is 46.3 Å². The van der Waals surface area contributed by atoms with Crippen LogP contribution in [0.5, 0.6) is 0 Å². The highest BCUT2D eigenvalue weighted by atomic mass is 32.2. The van der Waals surface area contributed by atoms with Gasteiger partial charge in [0, 0.05) is 36.5 Å². The zero-order valence-electron chi connectivity index (χ0n) is 16.0. The van der Waals surface area contributed by atoms with Crippen LogP contribution in [0.25, 0.3) is 17.2 Å². The minimum atomic E-state index is -1.15. The Balaban J connectivity index is 1.73. The van der Waals surface area contributed by atoms with Crippen LogP contribution in [0.4, 0.5) is 11.4 Å². The van der Waals surface area contributed by atoms with Crippen LogP contribution < -0.4 is 4.90 Å². The number of carboxylic acids is 1. The number of hydrogen-bond donors (Lipinski definition) is 1. The van der Waals surface area contributed by atoms with E-state index in [4.69, 9.17) is 4.42 Å². The second kappa shape index (κ2) is 8.58. The first kappa shape index (κ1) is 20.0. The lowest BCUT2D eigenvalue weighted by Crippen LogP contribution is -2.29. The third-order valence-electron chi connectivity index (χ3n) is 4.89. The summed E-state index contributed by atoms with van der Waals surface area (Å²) in [5, 5.41) is 21.2. The molecule has 0 bridgehead atoms. The zero-order chi connectivity index (χ0) is 21.1. The van der Waals surface area contributed by atoms with E-state index in [1.165, 1.54) is 18.2 Å². The maximum absolute atomic E-state index is 11.9.